The summed E-state index contributed by atoms with van der Waals surface area (Å²) < 4.78 is 5.76. The van der Waals surface area contributed by atoms with Crippen molar-refractivity contribution in [3.8, 4) is 16.9 Å². The fraction of sp³-hybridized carbons (Fsp3) is 0.333. The highest BCUT2D eigenvalue weighted by Gasteiger charge is 2.44. The lowest BCUT2D eigenvalue weighted by atomic mass is 10.0. The van der Waals surface area contributed by atoms with Gasteiger partial charge in [-0.2, -0.15) is 0 Å². The second-order valence-corrected chi connectivity index (χ2v) is 8.61. The summed E-state index contributed by atoms with van der Waals surface area (Å²) in [5, 5.41) is 0. The van der Waals surface area contributed by atoms with Crippen LogP contribution in [0.1, 0.15) is 24.8 Å². The van der Waals surface area contributed by atoms with E-state index in [9.17, 15) is 0 Å². The molecule has 3 nitrogen and oxygen atoms in total. The summed E-state index contributed by atoms with van der Waals surface area (Å²) in [6.07, 6.45) is 1.30. The van der Waals surface area contributed by atoms with E-state index in [1.165, 1.54) is 23.2 Å². The van der Waals surface area contributed by atoms with Gasteiger partial charge in [0.25, 0.3) is 0 Å². The van der Waals surface area contributed by atoms with Gasteiger partial charge in [-0.05, 0) is 36.6 Å². The predicted octanol–water partition coefficient (Wildman–Crippen LogP) is 5.43. The van der Waals surface area contributed by atoms with Crippen LogP contribution >= 0.6 is 0 Å². The first-order valence-corrected chi connectivity index (χ1v) is 11.0. The van der Waals surface area contributed by atoms with Gasteiger partial charge in [-0.1, -0.05) is 60.7 Å². The molecule has 3 aromatic carbocycles. The molecule has 2 fully saturated rings. The second kappa shape index (κ2) is 8.16. The summed E-state index contributed by atoms with van der Waals surface area (Å²) in [6.45, 7) is 5.66. The van der Waals surface area contributed by atoms with Crippen LogP contribution in [0.15, 0.2) is 78.9 Å². The van der Waals surface area contributed by atoms with Gasteiger partial charge in [0, 0.05) is 55.0 Å². The first-order chi connectivity index (χ1) is 14.7. The number of methoxy groups -OCH3 is 1. The number of nitrogens with zero attached hydrogens (tertiary/aromatic N) is 2. The lowest BCUT2D eigenvalue weighted by Gasteiger charge is -2.42. The summed E-state index contributed by atoms with van der Waals surface area (Å²) in [5.74, 6) is 1.66. The molecule has 0 amide bonds. The maximum Gasteiger partial charge on any atom is 0.128 e. The maximum atomic E-state index is 5.76. The Kier molecular flexibility index (Phi) is 5.22. The zero-order valence-electron chi connectivity index (χ0n) is 17.9. The number of hydrogen-bond acceptors (Lipinski definition) is 3. The molecule has 154 valence electrons. The number of ether oxygens (including phenoxy) is 1. The molecule has 30 heavy (non-hydrogen) atoms. The largest absolute Gasteiger partial charge is 0.496 e. The van der Waals surface area contributed by atoms with Crippen molar-refractivity contribution in [3.63, 3.8) is 0 Å². The van der Waals surface area contributed by atoms with Gasteiger partial charge in [0.2, 0.25) is 0 Å². The Hall–Kier alpha value is -2.78. The zero-order chi connectivity index (χ0) is 20.5. The molecule has 5 rings (SSSR count). The minimum absolute atomic E-state index is 0.489. The van der Waals surface area contributed by atoms with Crippen molar-refractivity contribution in [2.75, 3.05) is 31.6 Å². The molecule has 3 heteroatoms. The fourth-order valence-electron chi connectivity index (χ4n) is 5.03. The molecule has 0 radical (unpaired) electrons. The number of piperazine rings is 1. The lowest BCUT2D eigenvalue weighted by molar-refractivity contribution is 0.216. The minimum Gasteiger partial charge on any atom is -0.496 e. The fourth-order valence-corrected chi connectivity index (χ4v) is 5.03. The molecule has 1 aliphatic carbocycles. The molecule has 1 unspecified atom stereocenters. The Morgan fingerprint density at radius 2 is 1.60 bits per heavy atom. The van der Waals surface area contributed by atoms with Crippen LogP contribution in [0.25, 0.3) is 11.1 Å². The number of hydrogen-bond donors (Lipinski definition) is 0. The summed E-state index contributed by atoms with van der Waals surface area (Å²) in [4.78, 5) is 5.24. The van der Waals surface area contributed by atoms with Crippen molar-refractivity contribution in [3.05, 3.63) is 84.4 Å². The topological polar surface area (TPSA) is 15.7 Å². The van der Waals surface area contributed by atoms with E-state index >= 15 is 0 Å². The van der Waals surface area contributed by atoms with Gasteiger partial charge in [-0.15, -0.1) is 0 Å². The number of benzene rings is 3. The average molecular weight is 399 g/mol. The summed E-state index contributed by atoms with van der Waals surface area (Å²) >= 11 is 0. The molecule has 0 spiro atoms. The number of rotatable bonds is 5. The van der Waals surface area contributed by atoms with Crippen LogP contribution in [0.5, 0.6) is 5.75 Å². The molecule has 1 saturated carbocycles. The molecule has 0 N–H and O–H groups in total. The Morgan fingerprint density at radius 3 is 2.30 bits per heavy atom. The van der Waals surface area contributed by atoms with Crippen LogP contribution in [-0.4, -0.2) is 43.7 Å². The monoisotopic (exact) mass is 398 g/mol. The molecule has 3 aromatic rings. The van der Waals surface area contributed by atoms with Crippen LogP contribution in [0.2, 0.25) is 0 Å². The summed E-state index contributed by atoms with van der Waals surface area (Å²) in [6, 6.07) is 29.3. The highest BCUT2D eigenvalue weighted by Crippen LogP contribution is 2.45. The molecule has 3 atom stereocenters. The maximum absolute atomic E-state index is 5.76. The lowest BCUT2D eigenvalue weighted by Crippen LogP contribution is -2.52. The van der Waals surface area contributed by atoms with E-state index in [2.05, 4.69) is 89.5 Å². The highest BCUT2D eigenvalue weighted by atomic mass is 16.5. The van der Waals surface area contributed by atoms with Gasteiger partial charge in [0.05, 0.1) is 7.11 Å². The minimum atomic E-state index is 0.489. The van der Waals surface area contributed by atoms with Crippen molar-refractivity contribution in [1.82, 2.24) is 4.90 Å². The van der Waals surface area contributed by atoms with Crippen LogP contribution in [0, 0.1) is 0 Å². The molecule has 1 aliphatic heterocycles. The Balaban J connectivity index is 1.29. The molecule has 1 heterocycles. The summed E-state index contributed by atoms with van der Waals surface area (Å²) in [5.41, 5.74) is 5.10. The molecular weight excluding hydrogens is 368 g/mol. The van der Waals surface area contributed by atoms with Crippen LogP contribution in [0.4, 0.5) is 5.69 Å². The SMILES string of the molecule is COc1cc(N2CCN([C@@H]3C[C@H]3c3ccccc3)CC2C)ccc1-c1ccccc1. The van der Waals surface area contributed by atoms with Gasteiger partial charge in [0.15, 0.2) is 0 Å². The van der Waals surface area contributed by atoms with Crippen molar-refractivity contribution in [2.24, 2.45) is 0 Å². The van der Waals surface area contributed by atoms with E-state index in [1.54, 1.807) is 7.11 Å². The van der Waals surface area contributed by atoms with Gasteiger partial charge < -0.3 is 9.64 Å². The second-order valence-electron chi connectivity index (χ2n) is 8.61. The van der Waals surface area contributed by atoms with Gasteiger partial charge in [-0.25, -0.2) is 0 Å². The Morgan fingerprint density at radius 1 is 0.867 bits per heavy atom. The standard InChI is InChI=1S/C27H30N2O/c1-20-19-28(26-18-25(26)22-11-7-4-8-12-22)15-16-29(20)23-13-14-24(27(17-23)30-2)21-9-5-3-6-10-21/h3-14,17,20,25-26H,15-16,18-19H2,1-2H3/t20?,25-,26+/m0/s1. The number of anilines is 1. The van der Waals surface area contributed by atoms with Crippen molar-refractivity contribution in [1.29, 1.82) is 0 Å². The van der Waals surface area contributed by atoms with Crippen LogP contribution in [0.3, 0.4) is 0 Å². The van der Waals surface area contributed by atoms with E-state index in [4.69, 9.17) is 4.74 Å². The van der Waals surface area contributed by atoms with Gasteiger partial charge in [-0.3, -0.25) is 4.90 Å². The van der Waals surface area contributed by atoms with Gasteiger partial charge in [0.1, 0.15) is 5.75 Å². The Labute approximate surface area is 179 Å². The van der Waals surface area contributed by atoms with Gasteiger partial charge >= 0.3 is 0 Å². The molecule has 0 bridgehead atoms. The third-order valence-electron chi connectivity index (χ3n) is 6.71. The smallest absolute Gasteiger partial charge is 0.128 e. The molecule has 0 aromatic heterocycles. The predicted molar refractivity (Wildman–Crippen MR) is 124 cm³/mol. The molecule has 2 aliphatic rings. The normalized spacial score (nSPS) is 23.9. The Bertz CT molecular complexity index is 988. The van der Waals surface area contributed by atoms with E-state index in [0.29, 0.717) is 12.1 Å². The average Bonchev–Trinajstić information content (AvgIpc) is 3.61. The highest BCUT2D eigenvalue weighted by molar-refractivity contribution is 5.73. The quantitative estimate of drug-likeness (QED) is 0.570. The first kappa shape index (κ1) is 19.2. The van der Waals surface area contributed by atoms with Crippen molar-refractivity contribution in [2.45, 2.75) is 31.3 Å². The van der Waals surface area contributed by atoms with E-state index in [0.717, 1.165) is 36.9 Å². The molecular formula is C27H30N2O. The first-order valence-electron chi connectivity index (χ1n) is 11.0. The van der Waals surface area contributed by atoms with Crippen LogP contribution in [-0.2, 0) is 0 Å². The van der Waals surface area contributed by atoms with Crippen LogP contribution < -0.4 is 9.64 Å². The van der Waals surface area contributed by atoms with Crippen molar-refractivity contribution >= 4 is 5.69 Å². The molecule has 1 saturated heterocycles. The zero-order valence-corrected chi connectivity index (χ0v) is 17.9. The van der Waals surface area contributed by atoms with E-state index in [1.807, 2.05) is 6.07 Å². The third kappa shape index (κ3) is 3.70. The van der Waals surface area contributed by atoms with Crippen molar-refractivity contribution < 1.29 is 4.74 Å². The van der Waals surface area contributed by atoms with E-state index in [-0.39, 0.29) is 0 Å². The third-order valence-corrected chi connectivity index (χ3v) is 6.71. The van der Waals surface area contributed by atoms with E-state index < -0.39 is 0 Å². The summed E-state index contributed by atoms with van der Waals surface area (Å²) in [7, 11) is 1.77.